The van der Waals surface area contributed by atoms with Crippen molar-refractivity contribution < 1.29 is 0 Å². The van der Waals surface area contributed by atoms with Gasteiger partial charge in [-0.3, -0.25) is 9.97 Å². The molecule has 216 valence electrons. The Morgan fingerprint density at radius 2 is 0.717 bits per heavy atom. The van der Waals surface area contributed by atoms with Gasteiger partial charge in [0.15, 0.2) is 0 Å². The van der Waals surface area contributed by atoms with Crippen molar-refractivity contribution in [1.82, 2.24) is 9.97 Å². The van der Waals surface area contributed by atoms with Crippen LogP contribution < -0.4 is 9.80 Å². The lowest BCUT2D eigenvalue weighted by Crippen LogP contribution is -2.18. The smallest absolute Gasteiger partial charge is 0.0972 e. The number of benzene rings is 7. The molecule has 10 rings (SSSR count). The Morgan fingerprint density at radius 1 is 0.370 bits per heavy atom. The fourth-order valence-electron chi connectivity index (χ4n) is 7.68. The van der Waals surface area contributed by atoms with Crippen LogP contribution in [0.4, 0.5) is 34.1 Å². The Labute approximate surface area is 266 Å². The van der Waals surface area contributed by atoms with Crippen molar-refractivity contribution in [3.8, 4) is 0 Å². The molecule has 0 fully saturated rings. The Bertz CT molecular complexity index is 2230. The van der Waals surface area contributed by atoms with E-state index >= 15 is 0 Å². The van der Waals surface area contributed by atoms with Crippen LogP contribution in [0.15, 0.2) is 146 Å². The normalized spacial score (nSPS) is 13.4. The summed E-state index contributed by atoms with van der Waals surface area (Å²) in [5.41, 5.74) is 14.3. The number of rotatable bonds is 2. The third-order valence-corrected chi connectivity index (χ3v) is 9.71. The molecule has 0 amide bonds. The van der Waals surface area contributed by atoms with Crippen LogP contribution >= 0.6 is 0 Å². The maximum absolute atomic E-state index is 4.95. The zero-order valence-corrected chi connectivity index (χ0v) is 25.1. The van der Waals surface area contributed by atoms with Crippen LogP contribution in [0, 0.1) is 0 Å². The predicted octanol–water partition coefficient (Wildman–Crippen LogP) is 10.7. The van der Waals surface area contributed by atoms with Crippen molar-refractivity contribution in [2.45, 2.75) is 12.8 Å². The fourth-order valence-corrected chi connectivity index (χ4v) is 7.68. The Kier molecular flexibility index (Phi) is 5.37. The molecule has 3 heterocycles. The lowest BCUT2D eigenvalue weighted by molar-refractivity contribution is 1.09. The molecule has 0 radical (unpaired) electrons. The lowest BCUT2D eigenvalue weighted by atomic mass is 9.93. The Morgan fingerprint density at radius 3 is 1.09 bits per heavy atom. The number of nitrogens with zero attached hydrogens (tertiary/aromatic N) is 4. The van der Waals surface area contributed by atoms with E-state index in [0.29, 0.717) is 0 Å². The summed E-state index contributed by atoms with van der Waals surface area (Å²) in [6.07, 6.45) is 5.49. The zero-order chi connectivity index (χ0) is 30.2. The minimum atomic E-state index is 0.919. The van der Waals surface area contributed by atoms with Gasteiger partial charge in [0.1, 0.15) is 0 Å². The van der Waals surface area contributed by atoms with Crippen LogP contribution in [0.5, 0.6) is 0 Å². The van der Waals surface area contributed by atoms with E-state index in [1.165, 1.54) is 55.8 Å². The van der Waals surface area contributed by atoms with Crippen LogP contribution in [0.3, 0.4) is 0 Å². The Hall–Kier alpha value is -6.00. The number of para-hydroxylation sites is 4. The van der Waals surface area contributed by atoms with Gasteiger partial charge in [0, 0.05) is 70.1 Å². The topological polar surface area (TPSA) is 32.3 Å². The fraction of sp³-hybridized carbons (Fsp3) is 0.0476. The molecular formula is C42H28N4. The quantitative estimate of drug-likeness (QED) is 0.188. The molecule has 4 nitrogen and oxygen atoms in total. The van der Waals surface area contributed by atoms with Gasteiger partial charge in [0.25, 0.3) is 0 Å². The first-order valence-electron chi connectivity index (χ1n) is 15.8. The lowest BCUT2D eigenvalue weighted by Gasteiger charge is -2.34. The summed E-state index contributed by atoms with van der Waals surface area (Å²) in [6, 6.07) is 48.6. The third-order valence-electron chi connectivity index (χ3n) is 9.71. The summed E-state index contributed by atoms with van der Waals surface area (Å²) in [7, 11) is 0. The predicted molar refractivity (Wildman–Crippen MR) is 190 cm³/mol. The third kappa shape index (κ3) is 3.67. The monoisotopic (exact) mass is 588 g/mol. The van der Waals surface area contributed by atoms with Crippen LogP contribution in [0.2, 0.25) is 0 Å². The second-order valence-electron chi connectivity index (χ2n) is 12.3. The summed E-state index contributed by atoms with van der Waals surface area (Å²) in [5.74, 6) is 0. The minimum absolute atomic E-state index is 0.919. The van der Waals surface area contributed by atoms with Crippen molar-refractivity contribution in [2.75, 3.05) is 9.80 Å². The highest BCUT2D eigenvalue weighted by molar-refractivity contribution is 6.24. The molecule has 0 spiro atoms. The molecule has 2 aliphatic heterocycles. The van der Waals surface area contributed by atoms with Gasteiger partial charge in [0.2, 0.25) is 0 Å². The van der Waals surface area contributed by atoms with Crippen LogP contribution in [-0.2, 0) is 12.8 Å². The first-order valence-corrected chi connectivity index (χ1v) is 15.8. The first-order chi connectivity index (χ1) is 22.8. The van der Waals surface area contributed by atoms with Gasteiger partial charge in [-0.05, 0) is 81.6 Å². The summed E-state index contributed by atoms with van der Waals surface area (Å²) < 4.78 is 0. The highest BCUT2D eigenvalue weighted by Crippen LogP contribution is 2.47. The Balaban J connectivity index is 1.20. The van der Waals surface area contributed by atoms with Crippen molar-refractivity contribution in [2.24, 2.45) is 0 Å². The van der Waals surface area contributed by atoms with Gasteiger partial charge in [-0.25, -0.2) is 0 Å². The maximum Gasteiger partial charge on any atom is 0.0972 e. The van der Waals surface area contributed by atoms with Crippen molar-refractivity contribution >= 4 is 66.7 Å². The number of hydrogen-bond acceptors (Lipinski definition) is 4. The molecule has 4 heteroatoms. The highest BCUT2D eigenvalue weighted by Gasteiger charge is 2.26. The molecule has 0 saturated heterocycles. The molecular weight excluding hydrogens is 560 g/mol. The molecule has 1 aromatic heterocycles. The number of fused-ring (bicyclic) bond motifs is 10. The van der Waals surface area contributed by atoms with E-state index in [9.17, 15) is 0 Å². The molecule has 0 bridgehead atoms. The second-order valence-corrected chi connectivity index (χ2v) is 12.3. The van der Waals surface area contributed by atoms with Crippen molar-refractivity contribution in [3.63, 3.8) is 0 Å². The van der Waals surface area contributed by atoms with Gasteiger partial charge in [-0.2, -0.15) is 0 Å². The molecule has 8 aromatic rings. The van der Waals surface area contributed by atoms with Crippen LogP contribution in [0.1, 0.15) is 22.3 Å². The van der Waals surface area contributed by atoms with Crippen LogP contribution in [0.25, 0.3) is 32.6 Å². The molecule has 0 N–H and O–H groups in total. The maximum atomic E-state index is 4.95. The molecule has 0 aliphatic carbocycles. The average molecular weight is 589 g/mol. The van der Waals surface area contributed by atoms with Gasteiger partial charge in [-0.15, -0.1) is 0 Å². The summed E-state index contributed by atoms with van der Waals surface area (Å²) in [5, 5.41) is 4.57. The largest absolute Gasteiger partial charge is 0.310 e. The number of hydrogen-bond donors (Lipinski definition) is 0. The number of aromatic nitrogens is 2. The molecule has 0 saturated carbocycles. The van der Waals surface area contributed by atoms with E-state index in [1.54, 1.807) is 0 Å². The van der Waals surface area contributed by atoms with Gasteiger partial charge in [-0.1, -0.05) is 84.9 Å². The van der Waals surface area contributed by atoms with E-state index < -0.39 is 0 Å². The van der Waals surface area contributed by atoms with Crippen molar-refractivity contribution in [3.05, 3.63) is 168 Å². The molecule has 46 heavy (non-hydrogen) atoms. The standard InChI is InChI=1S/C42H28N4/c1-5-13-37-27(9-1)23-28-10-2-6-14-38(28)45(37)31-17-19-33-34-20-18-32(26-36(34)42-41(35(33)25-31)43-21-22-44-42)46-39-15-7-3-11-29(39)24-30-12-4-8-16-40(30)46/h1-22,25-26H,23-24H2. The van der Waals surface area contributed by atoms with Gasteiger partial charge >= 0.3 is 0 Å². The molecule has 0 atom stereocenters. The SMILES string of the molecule is c1ccc2c(c1)Cc1ccccc1N2c1ccc2c3ccc(N4c5ccccc5Cc5ccccc54)cc3c3nccnc3c2c1. The summed E-state index contributed by atoms with van der Waals surface area (Å²) >= 11 is 0. The molecule has 7 aromatic carbocycles. The van der Waals surface area contributed by atoms with E-state index in [4.69, 9.17) is 9.97 Å². The van der Waals surface area contributed by atoms with E-state index in [0.717, 1.165) is 46.0 Å². The summed E-state index contributed by atoms with van der Waals surface area (Å²) in [6.45, 7) is 0. The molecule has 0 unspecified atom stereocenters. The summed E-state index contributed by atoms with van der Waals surface area (Å²) in [4.78, 5) is 14.7. The van der Waals surface area contributed by atoms with E-state index in [2.05, 4.69) is 143 Å². The molecule has 2 aliphatic rings. The first kappa shape index (κ1) is 25.3. The van der Waals surface area contributed by atoms with Crippen molar-refractivity contribution in [1.29, 1.82) is 0 Å². The van der Waals surface area contributed by atoms with Gasteiger partial charge < -0.3 is 9.80 Å². The highest BCUT2D eigenvalue weighted by atomic mass is 15.2. The van der Waals surface area contributed by atoms with E-state index in [1.807, 2.05) is 12.4 Å². The van der Waals surface area contributed by atoms with Gasteiger partial charge in [0.05, 0.1) is 11.0 Å². The second kappa shape index (κ2) is 9.75. The minimum Gasteiger partial charge on any atom is -0.310 e. The van der Waals surface area contributed by atoms with Crippen LogP contribution in [-0.4, -0.2) is 9.97 Å². The zero-order valence-electron chi connectivity index (χ0n) is 25.1. The number of anilines is 6. The van der Waals surface area contributed by atoms with E-state index in [-0.39, 0.29) is 0 Å². The average Bonchev–Trinajstić information content (AvgIpc) is 3.12.